The summed E-state index contributed by atoms with van der Waals surface area (Å²) in [4.78, 5) is 25.1. The zero-order chi connectivity index (χ0) is 13.3. The lowest BCUT2D eigenvalue weighted by Crippen LogP contribution is -2.38. The van der Waals surface area contributed by atoms with E-state index in [0.29, 0.717) is 19.5 Å². The third kappa shape index (κ3) is 2.20. The highest BCUT2D eigenvalue weighted by Gasteiger charge is 2.21. The van der Waals surface area contributed by atoms with Crippen molar-refractivity contribution in [2.45, 2.75) is 32.9 Å². The zero-order valence-electron chi connectivity index (χ0n) is 10.7. The van der Waals surface area contributed by atoms with Crippen LogP contribution in [0.1, 0.15) is 31.1 Å². The van der Waals surface area contributed by atoms with E-state index in [9.17, 15) is 9.59 Å². The molecule has 0 aromatic carbocycles. The quantitative estimate of drug-likeness (QED) is 0.729. The van der Waals surface area contributed by atoms with Gasteiger partial charge in [-0.15, -0.1) is 0 Å². The van der Waals surface area contributed by atoms with Crippen molar-refractivity contribution in [3.8, 4) is 0 Å². The second-order valence-corrected chi connectivity index (χ2v) is 4.71. The number of carbonyl (C=O) groups excluding carboxylic acids is 1. The molecule has 0 saturated heterocycles. The van der Waals surface area contributed by atoms with E-state index < -0.39 is 0 Å². The fourth-order valence-electron chi connectivity index (χ4n) is 2.10. The van der Waals surface area contributed by atoms with Crippen LogP contribution in [0.15, 0.2) is 23.5 Å². The third-order valence-electron chi connectivity index (χ3n) is 3.08. The number of fused-ring (bicyclic) bond motifs is 1. The molecule has 5 nitrogen and oxygen atoms in total. The summed E-state index contributed by atoms with van der Waals surface area (Å²) >= 11 is 0. The normalized spacial score (nSPS) is 14.5. The highest BCUT2D eigenvalue weighted by molar-refractivity contribution is 5.87. The van der Waals surface area contributed by atoms with Crippen LogP contribution in [0.3, 0.4) is 0 Å². The second-order valence-electron chi connectivity index (χ2n) is 4.71. The van der Waals surface area contributed by atoms with Crippen LogP contribution in [0.2, 0.25) is 0 Å². The molecule has 0 unspecified atom stereocenters. The van der Waals surface area contributed by atoms with Crippen molar-refractivity contribution in [1.29, 1.82) is 0 Å². The molecule has 0 spiro atoms. The molecule has 1 amide bonds. The van der Waals surface area contributed by atoms with Gasteiger partial charge in [0.1, 0.15) is 0 Å². The molecule has 1 aromatic heterocycles. The van der Waals surface area contributed by atoms with Crippen molar-refractivity contribution in [2.24, 2.45) is 0 Å². The minimum Gasteiger partial charge on any atom is -0.334 e. The molecule has 0 atom stereocenters. The van der Waals surface area contributed by atoms with E-state index in [0.717, 1.165) is 11.3 Å². The molecule has 0 radical (unpaired) electrons. The smallest absolute Gasteiger partial charge is 0.267 e. The van der Waals surface area contributed by atoms with Crippen molar-refractivity contribution >= 4 is 5.91 Å². The number of hydrogen-bond acceptors (Lipinski definition) is 3. The summed E-state index contributed by atoms with van der Waals surface area (Å²) in [5.41, 5.74) is 1.64. The number of aromatic nitrogens is 2. The lowest BCUT2D eigenvalue weighted by Gasteiger charge is -2.27. The molecule has 18 heavy (non-hydrogen) atoms. The second kappa shape index (κ2) is 4.76. The first-order valence-corrected chi connectivity index (χ1v) is 6.06. The van der Waals surface area contributed by atoms with Crippen LogP contribution in [-0.2, 0) is 17.8 Å². The molecule has 96 valence electrons. The van der Waals surface area contributed by atoms with Crippen LogP contribution < -0.4 is 5.56 Å². The van der Waals surface area contributed by atoms with E-state index in [-0.39, 0.29) is 17.5 Å². The molecule has 0 bridgehead atoms. The lowest BCUT2D eigenvalue weighted by atomic mass is 10.1. The molecular weight excluding hydrogens is 230 g/mol. The van der Waals surface area contributed by atoms with Crippen LogP contribution in [0.25, 0.3) is 0 Å². The Kier molecular flexibility index (Phi) is 3.32. The fraction of sp³-hybridized carbons (Fsp3) is 0.462. The van der Waals surface area contributed by atoms with Crippen molar-refractivity contribution in [2.75, 3.05) is 6.54 Å². The lowest BCUT2D eigenvalue weighted by molar-refractivity contribution is -0.126. The predicted octanol–water partition coefficient (Wildman–Crippen LogP) is 0.895. The van der Waals surface area contributed by atoms with Gasteiger partial charge in [0.2, 0.25) is 5.91 Å². The summed E-state index contributed by atoms with van der Waals surface area (Å²) in [5.74, 6) is -0.103. The summed E-state index contributed by atoms with van der Waals surface area (Å²) in [7, 11) is 0. The van der Waals surface area contributed by atoms with Crippen LogP contribution in [0, 0.1) is 0 Å². The topological polar surface area (TPSA) is 55.2 Å². The summed E-state index contributed by atoms with van der Waals surface area (Å²) < 4.78 is 1.49. The van der Waals surface area contributed by atoms with Crippen molar-refractivity contribution < 1.29 is 4.79 Å². The van der Waals surface area contributed by atoms with Crippen LogP contribution in [0.4, 0.5) is 0 Å². The molecule has 0 aliphatic carbocycles. The van der Waals surface area contributed by atoms with Crippen molar-refractivity contribution in [3.63, 3.8) is 0 Å². The summed E-state index contributed by atoms with van der Waals surface area (Å²) in [5, 5.41) is 4.37. The Morgan fingerprint density at radius 1 is 1.56 bits per heavy atom. The van der Waals surface area contributed by atoms with Gasteiger partial charge in [-0.3, -0.25) is 9.59 Å². The first kappa shape index (κ1) is 12.5. The Morgan fingerprint density at radius 3 is 2.89 bits per heavy atom. The Balaban J connectivity index is 2.35. The van der Waals surface area contributed by atoms with Gasteiger partial charge >= 0.3 is 0 Å². The maximum absolute atomic E-state index is 11.9. The van der Waals surface area contributed by atoms with E-state index in [1.54, 1.807) is 11.0 Å². The number of rotatable bonds is 2. The molecule has 1 aromatic rings. The molecule has 1 aliphatic rings. The Morgan fingerprint density at radius 2 is 2.28 bits per heavy atom. The number of nitrogens with zero attached hydrogens (tertiary/aromatic N) is 3. The average molecular weight is 247 g/mol. The molecule has 0 fully saturated rings. The number of hydrogen-bond donors (Lipinski definition) is 0. The van der Waals surface area contributed by atoms with Gasteiger partial charge < -0.3 is 4.90 Å². The monoisotopic (exact) mass is 247 g/mol. The fourth-order valence-corrected chi connectivity index (χ4v) is 2.10. The molecule has 0 N–H and O–H groups in total. The van der Waals surface area contributed by atoms with Gasteiger partial charge in [-0.1, -0.05) is 6.58 Å². The molecule has 2 rings (SSSR count). The zero-order valence-corrected chi connectivity index (χ0v) is 10.7. The van der Waals surface area contributed by atoms with E-state index >= 15 is 0 Å². The standard InChI is InChI=1S/C13H17N3O2/c1-4-12(17)15-6-5-11-10(8-15)7-13(18)16(14-11)9(2)3/h4,7,9H,1,5-6,8H2,2-3H3. The van der Waals surface area contributed by atoms with Gasteiger partial charge in [0.15, 0.2) is 0 Å². The van der Waals surface area contributed by atoms with Gasteiger partial charge in [-0.25, -0.2) is 4.68 Å². The highest BCUT2D eigenvalue weighted by Crippen LogP contribution is 2.16. The maximum Gasteiger partial charge on any atom is 0.267 e. The first-order chi connectivity index (χ1) is 8.52. The Hall–Kier alpha value is -1.91. The summed E-state index contributed by atoms with van der Waals surface area (Å²) in [6.07, 6.45) is 1.98. The Bertz CT molecular complexity index is 546. The first-order valence-electron chi connectivity index (χ1n) is 6.06. The van der Waals surface area contributed by atoms with E-state index in [1.807, 2.05) is 13.8 Å². The predicted molar refractivity (Wildman–Crippen MR) is 68.2 cm³/mol. The van der Waals surface area contributed by atoms with Gasteiger partial charge in [0.25, 0.3) is 5.56 Å². The molecule has 1 aliphatic heterocycles. The summed E-state index contributed by atoms with van der Waals surface area (Å²) in [6, 6.07) is 1.64. The SMILES string of the molecule is C=CC(=O)N1CCc2nn(C(C)C)c(=O)cc2C1. The van der Waals surface area contributed by atoms with Crippen molar-refractivity contribution in [3.05, 3.63) is 40.3 Å². The van der Waals surface area contributed by atoms with E-state index in [4.69, 9.17) is 0 Å². The van der Waals surface area contributed by atoms with Crippen LogP contribution >= 0.6 is 0 Å². The van der Waals surface area contributed by atoms with Crippen LogP contribution in [0.5, 0.6) is 0 Å². The van der Waals surface area contributed by atoms with Gasteiger partial charge in [0, 0.05) is 31.1 Å². The molecule has 5 heteroatoms. The molecular formula is C13H17N3O2. The minimum atomic E-state index is -0.114. The van der Waals surface area contributed by atoms with E-state index in [2.05, 4.69) is 11.7 Å². The van der Waals surface area contributed by atoms with Gasteiger partial charge in [-0.05, 0) is 19.9 Å². The Labute approximate surface area is 106 Å². The van der Waals surface area contributed by atoms with E-state index in [1.165, 1.54) is 10.8 Å². The maximum atomic E-state index is 11.9. The highest BCUT2D eigenvalue weighted by atomic mass is 16.2. The largest absolute Gasteiger partial charge is 0.334 e. The van der Waals surface area contributed by atoms with Crippen LogP contribution in [-0.4, -0.2) is 27.1 Å². The minimum absolute atomic E-state index is 0.0515. The number of carbonyl (C=O) groups is 1. The average Bonchev–Trinajstić information content (AvgIpc) is 2.35. The third-order valence-corrected chi connectivity index (χ3v) is 3.08. The summed E-state index contributed by atoms with van der Waals surface area (Å²) in [6.45, 7) is 8.40. The van der Waals surface area contributed by atoms with Gasteiger partial charge in [-0.2, -0.15) is 5.10 Å². The molecule has 0 saturated carbocycles. The van der Waals surface area contributed by atoms with Gasteiger partial charge in [0.05, 0.1) is 11.7 Å². The molecule has 2 heterocycles. The van der Waals surface area contributed by atoms with Crippen molar-refractivity contribution in [1.82, 2.24) is 14.7 Å². The number of amides is 1.